The second-order valence-corrected chi connectivity index (χ2v) is 6.22. The van der Waals surface area contributed by atoms with E-state index in [4.69, 9.17) is 9.47 Å². The van der Waals surface area contributed by atoms with Gasteiger partial charge in [-0.2, -0.15) is 0 Å². The molecule has 0 saturated carbocycles. The zero-order valence-electron chi connectivity index (χ0n) is 15.4. The fourth-order valence-electron chi connectivity index (χ4n) is 2.78. The number of hydrogen-bond donors (Lipinski definition) is 2. The molecule has 0 saturated heterocycles. The Labute approximate surface area is 158 Å². The normalized spacial score (nSPS) is 10.3. The average molecular weight is 363 g/mol. The summed E-state index contributed by atoms with van der Waals surface area (Å²) in [4.78, 5) is 12.5. The highest BCUT2D eigenvalue weighted by molar-refractivity contribution is 6.04. The van der Waals surface area contributed by atoms with Crippen molar-refractivity contribution in [3.05, 3.63) is 77.4 Å². The smallest absolute Gasteiger partial charge is 0.255 e. The van der Waals surface area contributed by atoms with Crippen LogP contribution in [-0.4, -0.2) is 18.1 Å². The molecule has 0 atom stereocenters. The lowest BCUT2D eigenvalue weighted by Gasteiger charge is -2.14. The van der Waals surface area contributed by atoms with E-state index >= 15 is 0 Å². The van der Waals surface area contributed by atoms with Crippen molar-refractivity contribution >= 4 is 11.6 Å². The van der Waals surface area contributed by atoms with Crippen LogP contribution in [0.15, 0.2) is 60.7 Å². The fourth-order valence-corrected chi connectivity index (χ4v) is 2.78. The van der Waals surface area contributed by atoms with E-state index in [0.717, 1.165) is 16.9 Å². The summed E-state index contributed by atoms with van der Waals surface area (Å²) in [7, 11) is 1.57. The summed E-state index contributed by atoms with van der Waals surface area (Å²) in [6.07, 6.45) is 0. The summed E-state index contributed by atoms with van der Waals surface area (Å²) >= 11 is 0. The number of carbonyl (C=O) groups excluding carboxylic acids is 1. The standard InChI is InChI=1S/C22H21NO4/c1-14-11-17(23-22(25)16-5-4-6-20(13-16)26-3)12-15(2)21(14)27-19-9-7-18(24)8-10-19/h4-13,24H,1-3H3,(H,23,25). The van der Waals surface area contributed by atoms with E-state index in [1.54, 1.807) is 55.6 Å². The number of ether oxygens (including phenoxy) is 2. The summed E-state index contributed by atoms with van der Waals surface area (Å²) in [5.41, 5.74) is 3.00. The van der Waals surface area contributed by atoms with E-state index < -0.39 is 0 Å². The second kappa shape index (κ2) is 7.83. The first-order valence-electron chi connectivity index (χ1n) is 8.50. The molecule has 0 spiro atoms. The lowest BCUT2D eigenvalue weighted by atomic mass is 10.1. The third kappa shape index (κ3) is 4.39. The average Bonchev–Trinajstić information content (AvgIpc) is 2.66. The van der Waals surface area contributed by atoms with Crippen LogP contribution in [0, 0.1) is 13.8 Å². The molecule has 3 aromatic rings. The number of aromatic hydroxyl groups is 1. The van der Waals surface area contributed by atoms with Crippen molar-refractivity contribution in [2.45, 2.75) is 13.8 Å². The Balaban J connectivity index is 1.79. The maximum Gasteiger partial charge on any atom is 0.255 e. The minimum absolute atomic E-state index is 0.186. The molecular weight excluding hydrogens is 342 g/mol. The van der Waals surface area contributed by atoms with Crippen molar-refractivity contribution in [1.82, 2.24) is 0 Å². The predicted molar refractivity (Wildman–Crippen MR) is 105 cm³/mol. The molecule has 0 fully saturated rings. The number of phenolic OH excluding ortho intramolecular Hbond substituents is 1. The van der Waals surface area contributed by atoms with Gasteiger partial charge < -0.3 is 19.9 Å². The molecule has 27 heavy (non-hydrogen) atoms. The molecule has 0 unspecified atom stereocenters. The molecule has 138 valence electrons. The Hall–Kier alpha value is -3.47. The highest BCUT2D eigenvalue weighted by Crippen LogP contribution is 2.32. The van der Waals surface area contributed by atoms with Crippen molar-refractivity contribution in [2.24, 2.45) is 0 Å². The number of rotatable bonds is 5. The number of aryl methyl sites for hydroxylation is 2. The third-order valence-electron chi connectivity index (χ3n) is 4.11. The summed E-state index contributed by atoms with van der Waals surface area (Å²) in [5, 5.41) is 12.3. The van der Waals surface area contributed by atoms with Crippen LogP contribution in [0.1, 0.15) is 21.5 Å². The van der Waals surface area contributed by atoms with Gasteiger partial charge in [0, 0.05) is 11.3 Å². The first-order valence-corrected chi connectivity index (χ1v) is 8.50. The second-order valence-electron chi connectivity index (χ2n) is 6.22. The molecule has 0 bridgehead atoms. The first kappa shape index (κ1) is 18.3. The van der Waals surface area contributed by atoms with Crippen LogP contribution in [0.3, 0.4) is 0 Å². The molecule has 5 nitrogen and oxygen atoms in total. The highest BCUT2D eigenvalue weighted by atomic mass is 16.5. The Morgan fingerprint density at radius 2 is 1.59 bits per heavy atom. The SMILES string of the molecule is COc1cccc(C(=O)Nc2cc(C)c(Oc3ccc(O)cc3)c(C)c2)c1. The van der Waals surface area contributed by atoms with Crippen LogP contribution in [0.2, 0.25) is 0 Å². The van der Waals surface area contributed by atoms with Crippen molar-refractivity contribution in [2.75, 3.05) is 12.4 Å². The number of anilines is 1. The number of amides is 1. The predicted octanol–water partition coefficient (Wildman–Crippen LogP) is 5.06. The molecule has 5 heteroatoms. The van der Waals surface area contributed by atoms with Crippen LogP contribution in [0.4, 0.5) is 5.69 Å². The zero-order valence-corrected chi connectivity index (χ0v) is 15.4. The van der Waals surface area contributed by atoms with Crippen LogP contribution in [0.25, 0.3) is 0 Å². The molecule has 3 rings (SSSR count). The van der Waals surface area contributed by atoms with E-state index in [-0.39, 0.29) is 11.7 Å². The summed E-state index contributed by atoms with van der Waals surface area (Å²) in [6, 6.07) is 17.3. The number of hydrogen-bond acceptors (Lipinski definition) is 4. The summed E-state index contributed by atoms with van der Waals surface area (Å²) < 4.78 is 11.1. The first-order chi connectivity index (χ1) is 13.0. The van der Waals surface area contributed by atoms with Gasteiger partial charge in [0.05, 0.1) is 7.11 Å². The minimum Gasteiger partial charge on any atom is -0.508 e. The van der Waals surface area contributed by atoms with Crippen molar-refractivity contribution in [1.29, 1.82) is 0 Å². The maximum absolute atomic E-state index is 12.5. The van der Waals surface area contributed by atoms with Gasteiger partial charge in [0.25, 0.3) is 5.91 Å². The number of methoxy groups -OCH3 is 1. The van der Waals surface area contributed by atoms with Crippen molar-refractivity contribution in [3.63, 3.8) is 0 Å². The van der Waals surface area contributed by atoms with Crippen molar-refractivity contribution < 1.29 is 19.4 Å². The van der Waals surface area contributed by atoms with Crippen LogP contribution in [0.5, 0.6) is 23.0 Å². The molecule has 0 aliphatic rings. The van der Waals surface area contributed by atoms with Gasteiger partial charge in [0.15, 0.2) is 0 Å². The number of carbonyl (C=O) groups is 1. The zero-order chi connectivity index (χ0) is 19.4. The third-order valence-corrected chi connectivity index (χ3v) is 4.11. The van der Waals surface area contributed by atoms with Gasteiger partial charge in [0.1, 0.15) is 23.0 Å². The van der Waals surface area contributed by atoms with Gasteiger partial charge in [-0.3, -0.25) is 4.79 Å². The molecule has 1 amide bonds. The quantitative estimate of drug-likeness (QED) is 0.665. The topological polar surface area (TPSA) is 67.8 Å². The van der Waals surface area contributed by atoms with E-state index in [1.165, 1.54) is 0 Å². The molecule has 0 aromatic heterocycles. The Kier molecular flexibility index (Phi) is 5.31. The summed E-state index contributed by atoms with van der Waals surface area (Å²) in [5.74, 6) is 1.96. The van der Waals surface area contributed by atoms with Gasteiger partial charge >= 0.3 is 0 Å². The molecule has 0 aliphatic carbocycles. The maximum atomic E-state index is 12.5. The molecule has 0 radical (unpaired) electrons. The monoisotopic (exact) mass is 363 g/mol. The Morgan fingerprint density at radius 1 is 0.926 bits per heavy atom. The fraction of sp³-hybridized carbons (Fsp3) is 0.136. The van der Waals surface area contributed by atoms with Crippen LogP contribution < -0.4 is 14.8 Å². The van der Waals surface area contributed by atoms with Gasteiger partial charge in [-0.1, -0.05) is 6.07 Å². The molecule has 3 aromatic carbocycles. The van der Waals surface area contributed by atoms with Crippen LogP contribution in [-0.2, 0) is 0 Å². The van der Waals surface area contributed by atoms with Gasteiger partial charge in [-0.25, -0.2) is 0 Å². The summed E-state index contributed by atoms with van der Waals surface area (Å²) in [6.45, 7) is 3.84. The number of phenols is 1. The number of benzene rings is 3. The molecule has 0 aliphatic heterocycles. The van der Waals surface area contributed by atoms with E-state index in [0.29, 0.717) is 22.7 Å². The Bertz CT molecular complexity index is 941. The van der Waals surface area contributed by atoms with Crippen LogP contribution >= 0.6 is 0 Å². The molecule has 0 heterocycles. The lowest BCUT2D eigenvalue weighted by Crippen LogP contribution is -2.12. The largest absolute Gasteiger partial charge is 0.508 e. The Morgan fingerprint density at radius 3 is 2.22 bits per heavy atom. The van der Waals surface area contributed by atoms with Gasteiger partial charge in [-0.15, -0.1) is 0 Å². The highest BCUT2D eigenvalue weighted by Gasteiger charge is 2.12. The van der Waals surface area contributed by atoms with E-state index in [1.807, 2.05) is 26.0 Å². The van der Waals surface area contributed by atoms with E-state index in [2.05, 4.69) is 5.32 Å². The lowest BCUT2D eigenvalue weighted by molar-refractivity contribution is 0.102. The number of nitrogens with one attached hydrogen (secondary N) is 1. The molecular formula is C22H21NO4. The van der Waals surface area contributed by atoms with Gasteiger partial charge in [-0.05, 0) is 79.6 Å². The molecule has 2 N–H and O–H groups in total. The van der Waals surface area contributed by atoms with E-state index in [9.17, 15) is 9.90 Å². The minimum atomic E-state index is -0.208. The van der Waals surface area contributed by atoms with Gasteiger partial charge in [0.2, 0.25) is 0 Å². The van der Waals surface area contributed by atoms with Crippen molar-refractivity contribution in [3.8, 4) is 23.0 Å².